The van der Waals surface area contributed by atoms with E-state index in [0.717, 1.165) is 0 Å². The lowest BCUT2D eigenvalue weighted by Crippen LogP contribution is -2.05. The van der Waals surface area contributed by atoms with Gasteiger partial charge in [-0.1, -0.05) is 52.0 Å². The zero-order valence-electron chi connectivity index (χ0n) is 11.7. The Morgan fingerprint density at radius 3 is 2.50 bits per heavy atom. The molecule has 0 atom stereocenters. The van der Waals surface area contributed by atoms with Crippen molar-refractivity contribution in [2.45, 2.75) is 33.6 Å². The van der Waals surface area contributed by atoms with Crippen LogP contribution in [0.2, 0.25) is 0 Å². The number of allylic oxidation sites excluding steroid dienone is 1. The van der Waals surface area contributed by atoms with E-state index in [1.807, 2.05) is 6.26 Å². The molecule has 0 saturated heterocycles. The minimum Gasteiger partial charge on any atom is -0.497 e. The van der Waals surface area contributed by atoms with Crippen LogP contribution in [0, 0.1) is 5.92 Å². The van der Waals surface area contributed by atoms with E-state index < -0.39 is 0 Å². The fourth-order valence-corrected chi connectivity index (χ4v) is 2.39. The molecule has 0 bridgehead atoms. The fourth-order valence-electron chi connectivity index (χ4n) is 2.39. The van der Waals surface area contributed by atoms with Crippen LogP contribution in [-0.4, -0.2) is 6.61 Å². The molecule has 1 aromatic rings. The first kappa shape index (κ1) is 12.9. The topological polar surface area (TPSA) is 9.23 Å². The highest BCUT2D eigenvalue weighted by Gasteiger charge is 2.17. The molecule has 0 radical (unpaired) electrons. The van der Waals surface area contributed by atoms with Crippen molar-refractivity contribution in [2.24, 2.45) is 5.92 Å². The average molecular weight is 242 g/mol. The van der Waals surface area contributed by atoms with Gasteiger partial charge >= 0.3 is 0 Å². The zero-order chi connectivity index (χ0) is 13.1. The van der Waals surface area contributed by atoms with Gasteiger partial charge in [-0.25, -0.2) is 0 Å². The third-order valence-electron chi connectivity index (χ3n) is 3.36. The van der Waals surface area contributed by atoms with Crippen LogP contribution in [0.5, 0.6) is 0 Å². The first-order chi connectivity index (χ1) is 8.61. The molecule has 1 aliphatic heterocycles. The average Bonchev–Trinajstić information content (AvgIpc) is 2.28. The van der Waals surface area contributed by atoms with Crippen LogP contribution in [0.25, 0.3) is 11.6 Å². The molecule has 1 aliphatic rings. The maximum absolute atomic E-state index is 5.59. The molecule has 1 heteroatoms. The predicted octanol–water partition coefficient (Wildman–Crippen LogP) is 4.85. The molecule has 96 valence electrons. The number of hydrogen-bond acceptors (Lipinski definition) is 1. The van der Waals surface area contributed by atoms with Gasteiger partial charge in [0.25, 0.3) is 0 Å². The summed E-state index contributed by atoms with van der Waals surface area (Å²) in [6.45, 7) is 9.60. The standard InChI is InChI=1S/C17H22O/c1-12(2)15-9-5-7-14-8-6-10-18-11-16(13(3)4)17(14)15/h5-9,11-13H,10H2,1-4H3/b8-6-,16-11-. The highest BCUT2D eigenvalue weighted by atomic mass is 16.5. The first-order valence-electron chi connectivity index (χ1n) is 6.72. The molecule has 0 unspecified atom stereocenters. The van der Waals surface area contributed by atoms with Crippen molar-refractivity contribution in [3.63, 3.8) is 0 Å². The van der Waals surface area contributed by atoms with Gasteiger partial charge in [-0.3, -0.25) is 0 Å². The van der Waals surface area contributed by atoms with E-state index in [-0.39, 0.29) is 0 Å². The van der Waals surface area contributed by atoms with Crippen molar-refractivity contribution in [1.29, 1.82) is 0 Å². The highest BCUT2D eigenvalue weighted by molar-refractivity contribution is 5.77. The fraction of sp³-hybridized carbons (Fsp3) is 0.412. The molecular weight excluding hydrogens is 220 g/mol. The summed E-state index contributed by atoms with van der Waals surface area (Å²) in [7, 11) is 0. The monoisotopic (exact) mass is 242 g/mol. The molecule has 1 aromatic carbocycles. The van der Waals surface area contributed by atoms with Gasteiger partial charge in [0.1, 0.15) is 6.61 Å². The largest absolute Gasteiger partial charge is 0.497 e. The predicted molar refractivity (Wildman–Crippen MR) is 78.3 cm³/mol. The second-order valence-corrected chi connectivity index (χ2v) is 5.43. The SMILES string of the molecule is CC(C)/C1=C/OC/C=C\c2cccc(C(C)C)c21. The van der Waals surface area contributed by atoms with E-state index in [1.165, 1.54) is 22.3 Å². The normalized spacial score (nSPS) is 19.6. The number of hydrogen-bond donors (Lipinski definition) is 0. The number of benzene rings is 1. The highest BCUT2D eigenvalue weighted by Crippen LogP contribution is 2.34. The summed E-state index contributed by atoms with van der Waals surface area (Å²) in [6, 6.07) is 6.58. The maximum atomic E-state index is 5.59. The molecule has 0 fully saturated rings. The summed E-state index contributed by atoms with van der Waals surface area (Å²) in [4.78, 5) is 0. The van der Waals surface area contributed by atoms with E-state index in [0.29, 0.717) is 18.4 Å². The summed E-state index contributed by atoms with van der Waals surface area (Å²) < 4.78 is 5.59. The van der Waals surface area contributed by atoms with E-state index in [4.69, 9.17) is 4.74 Å². The first-order valence-corrected chi connectivity index (χ1v) is 6.72. The van der Waals surface area contributed by atoms with Gasteiger partial charge in [-0.15, -0.1) is 0 Å². The summed E-state index contributed by atoms with van der Waals surface area (Å²) in [5, 5.41) is 0. The van der Waals surface area contributed by atoms with Crippen LogP contribution in [0.15, 0.2) is 30.5 Å². The Bertz CT molecular complexity index is 478. The Labute approximate surface area is 110 Å². The van der Waals surface area contributed by atoms with Crippen molar-refractivity contribution < 1.29 is 4.74 Å². The molecule has 1 nitrogen and oxygen atoms in total. The van der Waals surface area contributed by atoms with Crippen molar-refractivity contribution in [1.82, 2.24) is 0 Å². The van der Waals surface area contributed by atoms with Crippen LogP contribution in [0.1, 0.15) is 50.3 Å². The third-order valence-corrected chi connectivity index (χ3v) is 3.36. The number of rotatable bonds is 2. The Balaban J connectivity index is 2.67. The van der Waals surface area contributed by atoms with Gasteiger partial charge in [0.05, 0.1) is 6.26 Å². The molecular formula is C17H22O. The van der Waals surface area contributed by atoms with Crippen molar-refractivity contribution >= 4 is 11.6 Å². The van der Waals surface area contributed by atoms with Crippen molar-refractivity contribution in [2.75, 3.05) is 6.61 Å². The van der Waals surface area contributed by atoms with Crippen LogP contribution in [-0.2, 0) is 4.74 Å². The third kappa shape index (κ3) is 2.50. The number of ether oxygens (including phenoxy) is 1. The van der Waals surface area contributed by atoms with Gasteiger partial charge < -0.3 is 4.74 Å². The molecule has 0 saturated carbocycles. The van der Waals surface area contributed by atoms with Crippen LogP contribution in [0.4, 0.5) is 0 Å². The van der Waals surface area contributed by atoms with Crippen LogP contribution in [0.3, 0.4) is 0 Å². The van der Waals surface area contributed by atoms with Gasteiger partial charge in [0.2, 0.25) is 0 Å². The summed E-state index contributed by atoms with van der Waals surface area (Å²) in [6.07, 6.45) is 6.20. The van der Waals surface area contributed by atoms with Gasteiger partial charge in [-0.2, -0.15) is 0 Å². The van der Waals surface area contributed by atoms with E-state index in [2.05, 4.69) is 58.0 Å². The Morgan fingerprint density at radius 1 is 1.06 bits per heavy atom. The van der Waals surface area contributed by atoms with E-state index in [9.17, 15) is 0 Å². The quantitative estimate of drug-likeness (QED) is 0.720. The second kappa shape index (κ2) is 5.43. The summed E-state index contributed by atoms with van der Waals surface area (Å²) >= 11 is 0. The Kier molecular flexibility index (Phi) is 3.90. The molecule has 2 rings (SSSR count). The lowest BCUT2D eigenvalue weighted by atomic mass is 9.84. The molecule has 0 aliphatic carbocycles. The second-order valence-electron chi connectivity index (χ2n) is 5.43. The lowest BCUT2D eigenvalue weighted by Gasteiger charge is -2.22. The van der Waals surface area contributed by atoms with Gasteiger partial charge in [-0.05, 0) is 40.2 Å². The molecule has 0 N–H and O–H groups in total. The van der Waals surface area contributed by atoms with E-state index >= 15 is 0 Å². The smallest absolute Gasteiger partial charge is 0.106 e. The minimum absolute atomic E-state index is 0.468. The summed E-state index contributed by atoms with van der Waals surface area (Å²) in [5.41, 5.74) is 5.38. The molecule has 0 aromatic heterocycles. The molecule has 18 heavy (non-hydrogen) atoms. The summed E-state index contributed by atoms with van der Waals surface area (Å²) in [5.74, 6) is 0.991. The van der Waals surface area contributed by atoms with Gasteiger partial charge in [0, 0.05) is 0 Å². The van der Waals surface area contributed by atoms with Crippen LogP contribution < -0.4 is 0 Å². The molecule has 0 spiro atoms. The van der Waals surface area contributed by atoms with Crippen molar-refractivity contribution in [3.05, 3.63) is 47.2 Å². The molecule has 0 amide bonds. The maximum Gasteiger partial charge on any atom is 0.106 e. The minimum atomic E-state index is 0.468. The zero-order valence-corrected chi connectivity index (χ0v) is 11.7. The molecule has 1 heterocycles. The van der Waals surface area contributed by atoms with Crippen molar-refractivity contribution in [3.8, 4) is 0 Å². The lowest BCUT2D eigenvalue weighted by molar-refractivity contribution is 0.290. The number of fused-ring (bicyclic) bond motifs is 1. The Morgan fingerprint density at radius 2 is 1.83 bits per heavy atom. The van der Waals surface area contributed by atoms with Gasteiger partial charge in [0.15, 0.2) is 0 Å². The Hall–Kier alpha value is -1.50. The van der Waals surface area contributed by atoms with Crippen LogP contribution >= 0.6 is 0 Å². The van der Waals surface area contributed by atoms with E-state index in [1.54, 1.807) is 0 Å².